The minimum Gasteiger partial charge on any atom is -0.465 e. The third-order valence-corrected chi connectivity index (χ3v) is 7.42. The number of nitrogens with zero attached hydrogens (tertiary/aromatic N) is 4. The SMILES string of the molecule is COCN(C(OC)(OC)OC)P(=NOCOc1ccccc1)(N(C)C)N(C)C. The average Bonchev–Trinajstić information content (AvgIpc) is 2.69. The molecule has 0 aromatic heterocycles. The first kappa shape index (κ1) is 25.0. The molecule has 0 N–H and O–H groups in total. The molecule has 0 bridgehead atoms. The summed E-state index contributed by atoms with van der Waals surface area (Å²) < 4.78 is 33.2. The normalized spacial score (nSPS) is 12.8. The van der Waals surface area contributed by atoms with Gasteiger partial charge < -0.3 is 23.7 Å². The monoisotopic (exact) mass is 420 g/mol. The van der Waals surface area contributed by atoms with Crippen molar-refractivity contribution in [3.05, 3.63) is 30.3 Å². The van der Waals surface area contributed by atoms with E-state index in [9.17, 15) is 0 Å². The summed E-state index contributed by atoms with van der Waals surface area (Å²) >= 11 is 0. The third kappa shape index (κ3) is 5.50. The van der Waals surface area contributed by atoms with Gasteiger partial charge >= 0.3 is 6.10 Å². The molecular weight excluding hydrogens is 387 g/mol. The minimum atomic E-state index is -2.74. The fourth-order valence-corrected chi connectivity index (χ4v) is 5.71. The van der Waals surface area contributed by atoms with Crippen LogP contribution in [-0.4, -0.2) is 90.3 Å². The molecule has 28 heavy (non-hydrogen) atoms. The van der Waals surface area contributed by atoms with Crippen LogP contribution in [0.4, 0.5) is 0 Å². The Kier molecular flexibility index (Phi) is 10.5. The summed E-state index contributed by atoms with van der Waals surface area (Å²) in [5.74, 6) is 0.685. The summed E-state index contributed by atoms with van der Waals surface area (Å²) in [6.45, 7) is 0.0419. The van der Waals surface area contributed by atoms with Gasteiger partial charge in [0.1, 0.15) is 12.5 Å². The molecular formula is C17H33N4O6P. The molecule has 162 valence electrons. The molecule has 10 nitrogen and oxygen atoms in total. The minimum absolute atomic E-state index is 0.0613. The smallest absolute Gasteiger partial charge is 0.361 e. The van der Waals surface area contributed by atoms with Gasteiger partial charge in [-0.2, -0.15) is 0 Å². The summed E-state index contributed by atoms with van der Waals surface area (Å²) in [4.78, 5) is 10.1. The predicted octanol–water partition coefficient (Wildman–Crippen LogP) is 2.48. The molecule has 0 spiro atoms. The zero-order valence-electron chi connectivity index (χ0n) is 18.0. The lowest BCUT2D eigenvalue weighted by molar-refractivity contribution is -0.411. The number of ether oxygens (including phenoxy) is 5. The quantitative estimate of drug-likeness (QED) is 0.207. The van der Waals surface area contributed by atoms with E-state index in [0.29, 0.717) is 5.75 Å². The molecule has 0 amide bonds. The van der Waals surface area contributed by atoms with Crippen molar-refractivity contribution < 1.29 is 28.5 Å². The zero-order valence-corrected chi connectivity index (χ0v) is 18.9. The summed E-state index contributed by atoms with van der Waals surface area (Å²) in [5, 5.41) is 0. The van der Waals surface area contributed by atoms with E-state index in [1.54, 1.807) is 11.8 Å². The summed E-state index contributed by atoms with van der Waals surface area (Å²) in [7, 11) is 10.8. The lowest BCUT2D eigenvalue weighted by Crippen LogP contribution is -2.55. The number of hydrogen-bond acceptors (Lipinski definition) is 7. The van der Waals surface area contributed by atoms with Crippen LogP contribution in [0.2, 0.25) is 0 Å². The van der Waals surface area contributed by atoms with Crippen molar-refractivity contribution in [3.8, 4) is 5.75 Å². The Morgan fingerprint density at radius 3 is 1.86 bits per heavy atom. The molecule has 0 aliphatic rings. The Bertz CT molecular complexity index is 593. The lowest BCUT2D eigenvalue weighted by Gasteiger charge is -2.48. The molecule has 0 atom stereocenters. The molecule has 1 aromatic rings. The highest BCUT2D eigenvalue weighted by Crippen LogP contribution is 2.59. The van der Waals surface area contributed by atoms with E-state index in [1.807, 2.05) is 67.9 Å². The van der Waals surface area contributed by atoms with Crippen LogP contribution in [0.25, 0.3) is 0 Å². The number of hydrogen-bond donors (Lipinski definition) is 0. The molecule has 0 unspecified atom stereocenters. The van der Waals surface area contributed by atoms with Gasteiger partial charge in [0.25, 0.3) is 0 Å². The third-order valence-electron chi connectivity index (χ3n) is 3.93. The van der Waals surface area contributed by atoms with Crippen molar-refractivity contribution in [1.29, 1.82) is 0 Å². The number of methoxy groups -OCH3 is 4. The van der Waals surface area contributed by atoms with Gasteiger partial charge in [-0.05, 0) is 40.3 Å². The molecule has 0 radical (unpaired) electrons. The standard InChI is InChI=1S/C17H33N4O6P/c1-19(2)28(20(3)4,18-27-15-26-16-12-10-9-11-13-16)21(14-22-5)17(23-6,24-7)25-8/h9-13H,14-15H2,1-8H3. The van der Waals surface area contributed by atoms with Crippen molar-refractivity contribution in [1.82, 2.24) is 14.0 Å². The average molecular weight is 420 g/mol. The van der Waals surface area contributed by atoms with Gasteiger partial charge in [0.15, 0.2) is 0 Å². The van der Waals surface area contributed by atoms with Gasteiger partial charge in [-0.1, -0.05) is 18.2 Å². The molecule has 0 heterocycles. The van der Waals surface area contributed by atoms with Gasteiger partial charge in [-0.15, -0.1) is 9.58 Å². The summed E-state index contributed by atoms with van der Waals surface area (Å²) in [6, 6.07) is 9.36. The van der Waals surface area contributed by atoms with Crippen molar-refractivity contribution in [2.45, 2.75) is 6.10 Å². The van der Waals surface area contributed by atoms with Crippen LogP contribution >= 0.6 is 7.51 Å². The maximum atomic E-state index is 5.59. The first-order chi connectivity index (χ1) is 13.3. The number of para-hydroxylation sites is 1. The van der Waals surface area contributed by atoms with E-state index in [4.69, 9.17) is 28.5 Å². The molecule has 0 fully saturated rings. The molecule has 0 saturated carbocycles. The van der Waals surface area contributed by atoms with Gasteiger partial charge in [0.05, 0.1) is 0 Å². The molecule has 11 heteroatoms. The fraction of sp³-hybridized carbons (Fsp3) is 0.647. The molecule has 1 aromatic carbocycles. The Hall–Kier alpha value is -1.07. The predicted molar refractivity (Wildman–Crippen MR) is 107 cm³/mol. The highest BCUT2D eigenvalue weighted by Gasteiger charge is 2.50. The van der Waals surface area contributed by atoms with E-state index in [2.05, 4.69) is 4.91 Å². The van der Waals surface area contributed by atoms with Crippen molar-refractivity contribution in [2.75, 3.05) is 70.2 Å². The van der Waals surface area contributed by atoms with Gasteiger partial charge in [0, 0.05) is 28.4 Å². The Morgan fingerprint density at radius 2 is 1.43 bits per heavy atom. The van der Waals surface area contributed by atoms with Crippen molar-refractivity contribution in [3.63, 3.8) is 0 Å². The van der Waals surface area contributed by atoms with Gasteiger partial charge in [-0.25, -0.2) is 14.2 Å². The summed E-state index contributed by atoms with van der Waals surface area (Å²) in [6.07, 6.45) is -1.54. The van der Waals surface area contributed by atoms with Gasteiger partial charge in [-0.3, -0.25) is 0 Å². The molecule has 0 saturated heterocycles. The topological polar surface area (TPSA) is 77.5 Å². The largest absolute Gasteiger partial charge is 0.465 e. The highest BCUT2D eigenvalue weighted by molar-refractivity contribution is 7.59. The maximum Gasteiger partial charge on any atom is 0.361 e. The van der Waals surface area contributed by atoms with Crippen LogP contribution in [0.15, 0.2) is 35.2 Å². The Balaban J connectivity index is 3.28. The summed E-state index contributed by atoms with van der Waals surface area (Å²) in [5.41, 5.74) is 0. The van der Waals surface area contributed by atoms with E-state index in [0.717, 1.165) is 0 Å². The van der Waals surface area contributed by atoms with Crippen molar-refractivity contribution >= 4 is 7.51 Å². The maximum absolute atomic E-state index is 5.59. The second-order valence-corrected chi connectivity index (χ2v) is 9.29. The first-order valence-electron chi connectivity index (χ1n) is 8.54. The van der Waals surface area contributed by atoms with E-state index < -0.39 is 13.6 Å². The number of rotatable bonds is 13. The van der Waals surface area contributed by atoms with Crippen molar-refractivity contribution in [2.24, 2.45) is 4.91 Å². The van der Waals surface area contributed by atoms with Crippen LogP contribution in [0.1, 0.15) is 0 Å². The van der Waals surface area contributed by atoms with Crippen LogP contribution in [-0.2, 0) is 23.8 Å². The zero-order chi connectivity index (χ0) is 21.2. The Labute approximate surface area is 168 Å². The van der Waals surface area contributed by atoms with Crippen LogP contribution in [0.5, 0.6) is 5.75 Å². The Morgan fingerprint density at radius 1 is 0.893 bits per heavy atom. The molecule has 0 aliphatic heterocycles. The molecule has 1 rings (SSSR count). The lowest BCUT2D eigenvalue weighted by atomic mass is 10.3. The highest BCUT2D eigenvalue weighted by atomic mass is 31.2. The van der Waals surface area contributed by atoms with Crippen LogP contribution in [0, 0.1) is 0 Å². The van der Waals surface area contributed by atoms with Crippen LogP contribution < -0.4 is 4.74 Å². The fourth-order valence-electron chi connectivity index (χ4n) is 2.70. The number of benzene rings is 1. The first-order valence-corrected chi connectivity index (χ1v) is 10.1. The molecule has 0 aliphatic carbocycles. The van der Waals surface area contributed by atoms with Gasteiger partial charge in [0.2, 0.25) is 14.3 Å². The van der Waals surface area contributed by atoms with E-state index >= 15 is 0 Å². The van der Waals surface area contributed by atoms with E-state index in [-0.39, 0.29) is 13.5 Å². The van der Waals surface area contributed by atoms with E-state index in [1.165, 1.54) is 21.3 Å². The second kappa shape index (κ2) is 11.8. The van der Waals surface area contributed by atoms with Crippen LogP contribution in [0.3, 0.4) is 0 Å². The second-order valence-electron chi connectivity index (χ2n) is 5.97.